The lowest BCUT2D eigenvalue weighted by Gasteiger charge is -2.12. The van der Waals surface area contributed by atoms with Crippen LogP contribution < -0.4 is 5.56 Å². The van der Waals surface area contributed by atoms with Crippen LogP contribution >= 0.6 is 23.1 Å². The van der Waals surface area contributed by atoms with E-state index >= 15 is 0 Å². The van der Waals surface area contributed by atoms with Crippen molar-refractivity contribution in [1.29, 1.82) is 0 Å². The van der Waals surface area contributed by atoms with E-state index in [0.717, 1.165) is 5.52 Å². The molecule has 0 saturated heterocycles. The van der Waals surface area contributed by atoms with E-state index in [4.69, 9.17) is 4.52 Å². The topological polar surface area (TPSA) is 73.8 Å². The molecule has 0 aliphatic rings. The molecule has 0 saturated carbocycles. The number of aromatic nitrogens is 4. The van der Waals surface area contributed by atoms with Crippen LogP contribution in [0.2, 0.25) is 0 Å². The number of fused-ring (bicyclic) bond motifs is 1. The zero-order valence-corrected chi connectivity index (χ0v) is 16.0. The van der Waals surface area contributed by atoms with Gasteiger partial charge in [-0.1, -0.05) is 37.7 Å². The normalized spacial score (nSPS) is 13.5. The minimum Gasteiger partial charge on any atom is -0.338 e. The third-order valence-corrected chi connectivity index (χ3v) is 5.56. The number of nitrogens with zero attached hydrogens (tertiary/aromatic N) is 4. The fourth-order valence-corrected chi connectivity index (χ4v) is 3.99. The fraction of sp³-hybridized carbons (Fsp3) is 0.500. The Morgan fingerprint density at radius 3 is 2.75 bits per heavy atom. The molecule has 3 aromatic rings. The predicted octanol–water partition coefficient (Wildman–Crippen LogP) is 4.01. The van der Waals surface area contributed by atoms with E-state index in [-0.39, 0.29) is 16.2 Å². The van der Waals surface area contributed by atoms with Crippen LogP contribution in [0.5, 0.6) is 0 Å². The monoisotopic (exact) mass is 364 g/mol. The van der Waals surface area contributed by atoms with Crippen LogP contribution in [-0.2, 0) is 12.0 Å². The molecule has 0 spiro atoms. The summed E-state index contributed by atoms with van der Waals surface area (Å²) in [5.74, 6) is 1.23. The van der Waals surface area contributed by atoms with Crippen LogP contribution in [0.25, 0.3) is 10.2 Å². The molecule has 0 amide bonds. The summed E-state index contributed by atoms with van der Waals surface area (Å²) in [6.45, 7) is 10.6. The largest absolute Gasteiger partial charge is 0.338 e. The van der Waals surface area contributed by atoms with E-state index in [1.807, 2.05) is 46.1 Å². The summed E-state index contributed by atoms with van der Waals surface area (Å²) in [4.78, 5) is 21.7. The highest BCUT2D eigenvalue weighted by Gasteiger charge is 2.24. The Morgan fingerprint density at radius 1 is 1.38 bits per heavy atom. The molecule has 3 heterocycles. The highest BCUT2D eigenvalue weighted by atomic mass is 32.2. The lowest BCUT2D eigenvalue weighted by atomic mass is 9.96. The quantitative estimate of drug-likeness (QED) is 0.514. The Labute approximate surface area is 148 Å². The molecule has 1 atom stereocenters. The van der Waals surface area contributed by atoms with E-state index < -0.39 is 0 Å². The fourth-order valence-electron chi connectivity index (χ4n) is 2.21. The van der Waals surface area contributed by atoms with Gasteiger partial charge in [0.15, 0.2) is 11.0 Å². The molecule has 3 aromatic heterocycles. The van der Waals surface area contributed by atoms with Crippen LogP contribution in [0.15, 0.2) is 25.9 Å². The van der Waals surface area contributed by atoms with E-state index in [9.17, 15) is 4.79 Å². The van der Waals surface area contributed by atoms with Gasteiger partial charge in [-0.3, -0.25) is 9.36 Å². The number of hydrogen-bond donors (Lipinski definition) is 0. The first-order valence-corrected chi connectivity index (χ1v) is 9.56. The highest BCUT2D eigenvalue weighted by molar-refractivity contribution is 7.99. The first-order chi connectivity index (χ1) is 11.3. The van der Waals surface area contributed by atoms with Gasteiger partial charge < -0.3 is 4.52 Å². The zero-order valence-electron chi connectivity index (χ0n) is 14.4. The van der Waals surface area contributed by atoms with Crippen molar-refractivity contribution in [3.8, 4) is 0 Å². The third kappa shape index (κ3) is 3.12. The third-order valence-electron chi connectivity index (χ3n) is 3.59. The molecule has 0 aliphatic heterocycles. The standard InChI is InChI=1S/C16H20N4O2S2/c1-6-20-13(21)11-10(7-8-23-11)17-15(20)24-9(2)12-18-14(19-22-12)16(3,4)5/h7-9H,6H2,1-5H3/t9-/m0/s1. The van der Waals surface area contributed by atoms with E-state index in [0.29, 0.717) is 28.1 Å². The summed E-state index contributed by atoms with van der Waals surface area (Å²) in [6, 6.07) is 1.88. The second-order valence-corrected chi connectivity index (χ2v) is 8.77. The van der Waals surface area contributed by atoms with Gasteiger partial charge in [-0.25, -0.2) is 4.98 Å². The molecule has 6 nitrogen and oxygen atoms in total. The summed E-state index contributed by atoms with van der Waals surface area (Å²) in [7, 11) is 0. The molecule has 0 N–H and O–H groups in total. The van der Waals surface area contributed by atoms with Crippen molar-refractivity contribution < 1.29 is 4.52 Å². The average Bonchev–Trinajstić information content (AvgIpc) is 3.16. The Hall–Kier alpha value is -1.67. The molecule has 0 aromatic carbocycles. The number of rotatable bonds is 4. The van der Waals surface area contributed by atoms with Gasteiger partial charge in [0.2, 0.25) is 5.89 Å². The van der Waals surface area contributed by atoms with E-state index in [1.165, 1.54) is 23.1 Å². The van der Waals surface area contributed by atoms with Gasteiger partial charge in [-0.2, -0.15) is 4.98 Å². The molecule has 8 heteroatoms. The molecular formula is C16H20N4O2S2. The van der Waals surface area contributed by atoms with Gasteiger partial charge in [0.05, 0.1) is 10.8 Å². The zero-order chi connectivity index (χ0) is 17.5. The highest BCUT2D eigenvalue weighted by Crippen LogP contribution is 2.34. The minimum absolute atomic E-state index is 0.00751. The SMILES string of the molecule is CCn1c(S[C@@H](C)c2nc(C(C)(C)C)no2)nc2ccsc2c1=O. The van der Waals surface area contributed by atoms with Gasteiger partial charge in [-0.05, 0) is 25.3 Å². The average molecular weight is 364 g/mol. The Kier molecular flexibility index (Phi) is 4.52. The molecule has 0 unspecified atom stereocenters. The second-order valence-electron chi connectivity index (χ2n) is 6.55. The van der Waals surface area contributed by atoms with Crippen molar-refractivity contribution in [1.82, 2.24) is 19.7 Å². The smallest absolute Gasteiger partial charge is 0.272 e. The summed E-state index contributed by atoms with van der Waals surface area (Å²) in [5.41, 5.74) is 0.587. The molecule has 0 bridgehead atoms. The number of thioether (sulfide) groups is 1. The molecule has 0 fully saturated rings. The van der Waals surface area contributed by atoms with E-state index in [1.54, 1.807) is 4.57 Å². The van der Waals surface area contributed by atoms with Gasteiger partial charge in [0.1, 0.15) is 4.70 Å². The summed E-state index contributed by atoms with van der Waals surface area (Å²) in [6.07, 6.45) is 0. The maximum absolute atomic E-state index is 12.6. The van der Waals surface area contributed by atoms with Gasteiger partial charge >= 0.3 is 0 Å². The Bertz CT molecular complexity index is 920. The molecular weight excluding hydrogens is 344 g/mol. The van der Waals surface area contributed by atoms with Gasteiger partial charge in [0.25, 0.3) is 5.56 Å². The molecule has 3 rings (SSSR count). The van der Waals surface area contributed by atoms with Gasteiger partial charge in [-0.15, -0.1) is 11.3 Å². The van der Waals surface area contributed by atoms with Crippen molar-refractivity contribution in [2.24, 2.45) is 0 Å². The second kappa shape index (κ2) is 6.33. The Balaban J connectivity index is 1.94. The van der Waals surface area contributed by atoms with Crippen molar-refractivity contribution in [3.63, 3.8) is 0 Å². The van der Waals surface area contributed by atoms with Crippen molar-refractivity contribution in [3.05, 3.63) is 33.5 Å². The van der Waals surface area contributed by atoms with Crippen molar-refractivity contribution >= 4 is 33.3 Å². The van der Waals surface area contributed by atoms with Crippen LogP contribution in [0.3, 0.4) is 0 Å². The lowest BCUT2D eigenvalue weighted by Crippen LogP contribution is -2.21. The van der Waals surface area contributed by atoms with Crippen LogP contribution in [0.1, 0.15) is 51.6 Å². The molecule has 24 heavy (non-hydrogen) atoms. The summed E-state index contributed by atoms with van der Waals surface area (Å²) >= 11 is 2.89. The van der Waals surface area contributed by atoms with Gasteiger partial charge in [0, 0.05) is 12.0 Å². The van der Waals surface area contributed by atoms with Crippen molar-refractivity contribution in [2.45, 2.75) is 57.0 Å². The Morgan fingerprint density at radius 2 is 2.12 bits per heavy atom. The molecule has 0 radical (unpaired) electrons. The molecule has 0 aliphatic carbocycles. The summed E-state index contributed by atoms with van der Waals surface area (Å²) in [5, 5.41) is 6.55. The first-order valence-electron chi connectivity index (χ1n) is 7.80. The van der Waals surface area contributed by atoms with Crippen LogP contribution in [0.4, 0.5) is 0 Å². The number of hydrogen-bond acceptors (Lipinski definition) is 7. The maximum atomic E-state index is 12.6. The predicted molar refractivity (Wildman–Crippen MR) is 96.8 cm³/mol. The molecule has 128 valence electrons. The van der Waals surface area contributed by atoms with Crippen LogP contribution in [-0.4, -0.2) is 19.7 Å². The lowest BCUT2D eigenvalue weighted by molar-refractivity contribution is 0.364. The maximum Gasteiger partial charge on any atom is 0.272 e. The van der Waals surface area contributed by atoms with Crippen molar-refractivity contribution in [2.75, 3.05) is 0 Å². The van der Waals surface area contributed by atoms with Crippen LogP contribution in [0, 0.1) is 0 Å². The summed E-state index contributed by atoms with van der Waals surface area (Å²) < 4.78 is 7.80. The first kappa shape index (κ1) is 17.2. The van der Waals surface area contributed by atoms with E-state index in [2.05, 4.69) is 15.1 Å². The number of thiophene rings is 1. The minimum atomic E-state index is -0.161.